The molecule has 1 saturated carbocycles. The van der Waals surface area contributed by atoms with Crippen LogP contribution in [0.25, 0.3) is 11.1 Å². The number of ether oxygens (including phenoxy) is 2. The Balaban J connectivity index is 1.63. The highest BCUT2D eigenvalue weighted by atomic mass is 16.5. The number of nitrogens with zero attached hydrogens (tertiary/aromatic N) is 4. The fraction of sp³-hybridized carbons (Fsp3) is 0.480. The topological polar surface area (TPSA) is 78.7 Å². The molecule has 1 aliphatic carbocycles. The Morgan fingerprint density at radius 2 is 2.06 bits per heavy atom. The number of anilines is 1. The van der Waals surface area contributed by atoms with Gasteiger partial charge in [0.25, 0.3) is 0 Å². The number of benzene rings is 1. The van der Waals surface area contributed by atoms with Crippen molar-refractivity contribution in [2.45, 2.75) is 38.1 Å². The third kappa shape index (κ3) is 4.56. The van der Waals surface area contributed by atoms with Crippen molar-refractivity contribution < 1.29 is 14.3 Å². The van der Waals surface area contributed by atoms with Crippen molar-refractivity contribution in [3.63, 3.8) is 0 Å². The molecule has 0 N–H and O–H groups in total. The number of rotatable bonds is 7. The van der Waals surface area contributed by atoms with Crippen molar-refractivity contribution in [1.29, 1.82) is 5.26 Å². The molecule has 2 fully saturated rings. The van der Waals surface area contributed by atoms with E-state index in [-0.39, 0.29) is 11.9 Å². The number of carbonyl (C=O) groups excluding carboxylic acids is 1. The van der Waals surface area contributed by atoms with Gasteiger partial charge in [-0.05, 0) is 43.5 Å². The molecule has 168 valence electrons. The number of pyridine rings is 1. The lowest BCUT2D eigenvalue weighted by molar-refractivity contribution is -0.134. The lowest BCUT2D eigenvalue weighted by atomic mass is 9.98. The number of piperazine rings is 1. The minimum atomic E-state index is 0.0453. The van der Waals surface area contributed by atoms with Gasteiger partial charge in [0.2, 0.25) is 5.91 Å². The summed E-state index contributed by atoms with van der Waals surface area (Å²) in [5, 5.41) is 9.95. The first kappa shape index (κ1) is 22.1. The van der Waals surface area contributed by atoms with E-state index in [0.717, 1.165) is 41.2 Å². The molecule has 7 heteroatoms. The average molecular weight is 435 g/mol. The molecule has 0 unspecified atom stereocenters. The van der Waals surface area contributed by atoms with E-state index in [9.17, 15) is 10.1 Å². The van der Waals surface area contributed by atoms with Gasteiger partial charge in [0.05, 0.1) is 31.4 Å². The van der Waals surface area contributed by atoms with Crippen LogP contribution in [0.4, 0.5) is 5.82 Å². The van der Waals surface area contributed by atoms with Gasteiger partial charge in [0, 0.05) is 44.3 Å². The molecule has 1 aliphatic heterocycles. The van der Waals surface area contributed by atoms with Crippen molar-refractivity contribution in [2.24, 2.45) is 0 Å². The molecular formula is C25H30N4O3. The van der Waals surface area contributed by atoms with E-state index < -0.39 is 0 Å². The summed E-state index contributed by atoms with van der Waals surface area (Å²) in [6.45, 7) is 4.42. The average Bonchev–Trinajstić information content (AvgIpc) is 3.67. The predicted octanol–water partition coefficient (Wildman–Crippen LogP) is 3.58. The molecule has 0 spiro atoms. The highest BCUT2D eigenvalue weighted by Crippen LogP contribution is 2.45. The number of aromatic nitrogens is 1. The van der Waals surface area contributed by atoms with Gasteiger partial charge in [0.1, 0.15) is 17.6 Å². The van der Waals surface area contributed by atoms with Crippen LogP contribution in [0.2, 0.25) is 0 Å². The van der Waals surface area contributed by atoms with Crippen molar-refractivity contribution in [1.82, 2.24) is 9.88 Å². The van der Waals surface area contributed by atoms with Gasteiger partial charge in [-0.2, -0.15) is 5.26 Å². The van der Waals surface area contributed by atoms with Gasteiger partial charge in [-0.3, -0.25) is 4.79 Å². The summed E-state index contributed by atoms with van der Waals surface area (Å²) < 4.78 is 10.5. The molecule has 0 bridgehead atoms. The Hall–Kier alpha value is -3.11. The molecule has 1 atom stereocenters. The van der Waals surface area contributed by atoms with Gasteiger partial charge < -0.3 is 19.3 Å². The van der Waals surface area contributed by atoms with Crippen molar-refractivity contribution >= 4 is 11.7 Å². The third-order valence-electron chi connectivity index (χ3n) is 6.26. The fourth-order valence-corrected chi connectivity index (χ4v) is 4.38. The largest absolute Gasteiger partial charge is 0.497 e. The molecule has 2 aromatic rings. The SMILES string of the molecule is COCCC(=O)N1CCN(c2nc(C3CC3)c(-c3cccc(OC)c3)cc2C#N)C[C@H]1C. The Bertz CT molecular complexity index is 1030. The van der Waals surface area contributed by atoms with E-state index in [1.165, 1.54) is 0 Å². The Labute approximate surface area is 189 Å². The monoisotopic (exact) mass is 434 g/mol. The fourth-order valence-electron chi connectivity index (χ4n) is 4.38. The number of carbonyl (C=O) groups is 1. The number of hydrogen-bond donors (Lipinski definition) is 0. The molecule has 7 nitrogen and oxygen atoms in total. The molecule has 2 aliphatic rings. The first-order valence-electron chi connectivity index (χ1n) is 11.2. The molecule has 32 heavy (non-hydrogen) atoms. The van der Waals surface area contributed by atoms with E-state index in [0.29, 0.717) is 44.1 Å². The van der Waals surface area contributed by atoms with Gasteiger partial charge in [-0.1, -0.05) is 12.1 Å². The van der Waals surface area contributed by atoms with Crippen LogP contribution < -0.4 is 9.64 Å². The van der Waals surface area contributed by atoms with Crippen LogP contribution in [0.15, 0.2) is 30.3 Å². The van der Waals surface area contributed by atoms with Crippen molar-refractivity contribution in [3.05, 3.63) is 41.6 Å². The number of amides is 1. The van der Waals surface area contributed by atoms with E-state index in [2.05, 4.69) is 17.9 Å². The van der Waals surface area contributed by atoms with Crippen molar-refractivity contribution in [2.75, 3.05) is 45.4 Å². The predicted molar refractivity (Wildman–Crippen MR) is 123 cm³/mol. The second kappa shape index (κ2) is 9.58. The lowest BCUT2D eigenvalue weighted by Gasteiger charge is -2.41. The van der Waals surface area contributed by atoms with E-state index in [1.54, 1.807) is 14.2 Å². The van der Waals surface area contributed by atoms with Gasteiger partial charge in [-0.15, -0.1) is 0 Å². The molecule has 1 aromatic heterocycles. The van der Waals surface area contributed by atoms with Crippen LogP contribution in [-0.4, -0.2) is 62.3 Å². The third-order valence-corrected chi connectivity index (χ3v) is 6.26. The van der Waals surface area contributed by atoms with E-state index in [4.69, 9.17) is 14.5 Å². The Kier molecular flexibility index (Phi) is 6.61. The molecule has 0 radical (unpaired) electrons. The minimum Gasteiger partial charge on any atom is -0.497 e. The lowest BCUT2D eigenvalue weighted by Crippen LogP contribution is -2.54. The van der Waals surface area contributed by atoms with Crippen LogP contribution in [0, 0.1) is 11.3 Å². The maximum atomic E-state index is 12.5. The maximum Gasteiger partial charge on any atom is 0.225 e. The zero-order valence-electron chi connectivity index (χ0n) is 19.0. The summed E-state index contributed by atoms with van der Waals surface area (Å²) in [6, 6.07) is 12.3. The summed E-state index contributed by atoms with van der Waals surface area (Å²) in [6.07, 6.45) is 2.63. The van der Waals surface area contributed by atoms with E-state index in [1.807, 2.05) is 35.2 Å². The molecular weight excluding hydrogens is 404 g/mol. The van der Waals surface area contributed by atoms with E-state index >= 15 is 0 Å². The number of methoxy groups -OCH3 is 2. The van der Waals surface area contributed by atoms with Crippen LogP contribution in [0.1, 0.15) is 43.4 Å². The molecule has 1 aromatic carbocycles. The van der Waals surface area contributed by atoms with Crippen LogP contribution in [-0.2, 0) is 9.53 Å². The number of hydrogen-bond acceptors (Lipinski definition) is 6. The van der Waals surface area contributed by atoms with Gasteiger partial charge in [0.15, 0.2) is 0 Å². The normalized spacial score (nSPS) is 18.4. The molecule has 2 heterocycles. The first-order valence-corrected chi connectivity index (χ1v) is 11.2. The summed E-state index contributed by atoms with van der Waals surface area (Å²) in [5.41, 5.74) is 3.65. The standard InChI is InChI=1S/C25H30N4O3/c1-17-16-28(10-11-29(17)23(30)9-12-31-2)25-20(15-26)14-22(24(27-25)18-7-8-18)19-5-4-6-21(13-19)32-3/h4-6,13-14,17-18H,7-12,16H2,1-3H3/t17-/m1/s1. The zero-order chi connectivity index (χ0) is 22.7. The molecule has 1 amide bonds. The van der Waals surface area contributed by atoms with Crippen LogP contribution in [0.3, 0.4) is 0 Å². The Morgan fingerprint density at radius 3 is 2.72 bits per heavy atom. The summed E-state index contributed by atoms with van der Waals surface area (Å²) in [7, 11) is 3.26. The van der Waals surface area contributed by atoms with Gasteiger partial charge >= 0.3 is 0 Å². The minimum absolute atomic E-state index is 0.0453. The molecule has 4 rings (SSSR count). The number of nitriles is 1. The summed E-state index contributed by atoms with van der Waals surface area (Å²) in [4.78, 5) is 21.6. The summed E-state index contributed by atoms with van der Waals surface area (Å²) in [5.74, 6) is 2.06. The molecule has 1 saturated heterocycles. The maximum absolute atomic E-state index is 12.5. The highest BCUT2D eigenvalue weighted by Gasteiger charge is 2.33. The zero-order valence-corrected chi connectivity index (χ0v) is 19.0. The summed E-state index contributed by atoms with van der Waals surface area (Å²) >= 11 is 0. The quantitative estimate of drug-likeness (QED) is 0.663. The van der Waals surface area contributed by atoms with Crippen LogP contribution in [0.5, 0.6) is 5.75 Å². The first-order chi connectivity index (χ1) is 15.5. The van der Waals surface area contributed by atoms with Gasteiger partial charge in [-0.25, -0.2) is 4.98 Å². The Morgan fingerprint density at radius 1 is 1.25 bits per heavy atom. The smallest absolute Gasteiger partial charge is 0.225 e. The van der Waals surface area contributed by atoms with Crippen molar-refractivity contribution in [3.8, 4) is 22.9 Å². The highest BCUT2D eigenvalue weighted by molar-refractivity contribution is 5.77. The second-order valence-corrected chi connectivity index (χ2v) is 8.54. The second-order valence-electron chi connectivity index (χ2n) is 8.54. The van der Waals surface area contributed by atoms with Crippen LogP contribution >= 0.6 is 0 Å².